The zero-order valence-corrected chi connectivity index (χ0v) is 7.88. The van der Waals surface area contributed by atoms with Gasteiger partial charge in [0.25, 0.3) is 0 Å². The van der Waals surface area contributed by atoms with E-state index < -0.39 is 0 Å². The van der Waals surface area contributed by atoms with Gasteiger partial charge in [-0.1, -0.05) is 6.07 Å². The molecule has 0 aromatic carbocycles. The molecule has 1 aliphatic heterocycles. The van der Waals surface area contributed by atoms with Crippen LogP contribution < -0.4 is 10.6 Å². The summed E-state index contributed by atoms with van der Waals surface area (Å²) in [5, 5.41) is 6.59. The second-order valence-electron chi connectivity index (χ2n) is 3.34. The van der Waals surface area contributed by atoms with Crippen molar-refractivity contribution in [2.75, 3.05) is 18.9 Å². The van der Waals surface area contributed by atoms with E-state index in [1.165, 1.54) is 18.4 Å². The summed E-state index contributed by atoms with van der Waals surface area (Å²) in [5.74, 6) is 1.00. The maximum Gasteiger partial charge on any atom is 0.130 e. The fourth-order valence-corrected chi connectivity index (χ4v) is 1.86. The summed E-state index contributed by atoms with van der Waals surface area (Å²) < 4.78 is 0. The van der Waals surface area contributed by atoms with E-state index in [4.69, 9.17) is 0 Å². The molecule has 0 bridgehead atoms. The van der Waals surface area contributed by atoms with Crippen LogP contribution in [0.4, 0.5) is 5.82 Å². The minimum atomic E-state index is 0.496. The molecule has 70 valence electrons. The molecule has 1 saturated heterocycles. The Morgan fingerprint density at radius 1 is 1.62 bits per heavy atom. The number of aromatic nitrogens is 1. The third kappa shape index (κ3) is 1.65. The van der Waals surface area contributed by atoms with E-state index >= 15 is 0 Å². The van der Waals surface area contributed by atoms with Crippen LogP contribution in [-0.4, -0.2) is 18.6 Å². The number of hydrogen-bond acceptors (Lipinski definition) is 3. The third-order valence-electron chi connectivity index (χ3n) is 2.51. The Hall–Kier alpha value is -1.09. The molecule has 0 spiro atoms. The van der Waals surface area contributed by atoms with Gasteiger partial charge in [-0.15, -0.1) is 0 Å². The van der Waals surface area contributed by atoms with Gasteiger partial charge in [-0.3, -0.25) is 0 Å². The lowest BCUT2D eigenvalue weighted by Gasteiger charge is -2.13. The first-order valence-electron chi connectivity index (χ1n) is 4.78. The molecule has 1 aromatic rings. The second-order valence-corrected chi connectivity index (χ2v) is 3.34. The van der Waals surface area contributed by atoms with Gasteiger partial charge in [-0.2, -0.15) is 0 Å². The number of pyridine rings is 1. The topological polar surface area (TPSA) is 37.0 Å². The standard InChI is InChI=1S/C10H15N3/c1-11-10-8(4-2-7-13-10)9-5-3-6-12-9/h2,4,7,9,12H,3,5-6H2,1H3,(H,11,13). The van der Waals surface area contributed by atoms with Gasteiger partial charge in [0, 0.05) is 24.8 Å². The first-order chi connectivity index (χ1) is 6.42. The fraction of sp³-hybridized carbons (Fsp3) is 0.500. The first kappa shape index (κ1) is 8.51. The zero-order valence-electron chi connectivity index (χ0n) is 7.88. The molecule has 0 radical (unpaired) electrons. The van der Waals surface area contributed by atoms with Crippen molar-refractivity contribution in [3.8, 4) is 0 Å². The lowest BCUT2D eigenvalue weighted by atomic mass is 10.1. The average Bonchev–Trinajstić information content (AvgIpc) is 2.70. The lowest BCUT2D eigenvalue weighted by Crippen LogP contribution is -2.14. The van der Waals surface area contributed by atoms with Crippen molar-refractivity contribution in [2.45, 2.75) is 18.9 Å². The van der Waals surface area contributed by atoms with Crippen molar-refractivity contribution in [3.05, 3.63) is 23.9 Å². The minimum Gasteiger partial charge on any atom is -0.373 e. The van der Waals surface area contributed by atoms with Gasteiger partial charge in [0.15, 0.2) is 0 Å². The van der Waals surface area contributed by atoms with Crippen molar-refractivity contribution in [2.24, 2.45) is 0 Å². The summed E-state index contributed by atoms with van der Waals surface area (Å²) >= 11 is 0. The Kier molecular flexibility index (Phi) is 2.45. The highest BCUT2D eigenvalue weighted by atomic mass is 15.0. The van der Waals surface area contributed by atoms with E-state index in [1.807, 2.05) is 19.3 Å². The number of rotatable bonds is 2. The Bertz CT molecular complexity index is 279. The number of nitrogens with one attached hydrogen (secondary N) is 2. The quantitative estimate of drug-likeness (QED) is 0.719. The van der Waals surface area contributed by atoms with Gasteiger partial charge in [-0.25, -0.2) is 4.98 Å². The molecular formula is C10H15N3. The normalized spacial score (nSPS) is 21.8. The molecule has 0 amide bonds. The molecule has 1 fully saturated rings. The summed E-state index contributed by atoms with van der Waals surface area (Å²) in [4.78, 5) is 4.29. The summed E-state index contributed by atoms with van der Waals surface area (Å²) in [6.07, 6.45) is 4.31. The molecule has 1 unspecified atom stereocenters. The largest absolute Gasteiger partial charge is 0.373 e. The molecule has 1 aromatic heterocycles. The zero-order chi connectivity index (χ0) is 9.10. The van der Waals surface area contributed by atoms with Gasteiger partial charge < -0.3 is 10.6 Å². The van der Waals surface area contributed by atoms with Crippen LogP contribution in [0, 0.1) is 0 Å². The SMILES string of the molecule is CNc1ncccc1C1CCCN1. The fourth-order valence-electron chi connectivity index (χ4n) is 1.86. The molecule has 2 heterocycles. The summed E-state index contributed by atoms with van der Waals surface area (Å²) in [6.45, 7) is 1.13. The maximum absolute atomic E-state index is 4.29. The minimum absolute atomic E-state index is 0.496. The van der Waals surface area contributed by atoms with Gasteiger partial charge in [0.2, 0.25) is 0 Å². The average molecular weight is 177 g/mol. The van der Waals surface area contributed by atoms with Crippen LogP contribution in [0.1, 0.15) is 24.4 Å². The van der Waals surface area contributed by atoms with Gasteiger partial charge in [-0.05, 0) is 25.5 Å². The van der Waals surface area contributed by atoms with Crippen LogP contribution in [0.25, 0.3) is 0 Å². The molecule has 3 nitrogen and oxygen atoms in total. The highest BCUT2D eigenvalue weighted by Crippen LogP contribution is 2.26. The van der Waals surface area contributed by atoms with Crippen LogP contribution in [0.3, 0.4) is 0 Å². The molecule has 0 saturated carbocycles. The summed E-state index contributed by atoms with van der Waals surface area (Å²) in [7, 11) is 1.92. The Morgan fingerprint density at radius 2 is 2.54 bits per heavy atom. The summed E-state index contributed by atoms with van der Waals surface area (Å²) in [6, 6.07) is 4.63. The molecule has 1 atom stereocenters. The van der Waals surface area contributed by atoms with E-state index in [0.717, 1.165) is 12.4 Å². The van der Waals surface area contributed by atoms with Crippen molar-refractivity contribution in [3.63, 3.8) is 0 Å². The first-order valence-corrected chi connectivity index (χ1v) is 4.78. The van der Waals surface area contributed by atoms with Gasteiger partial charge in [0.05, 0.1) is 0 Å². The smallest absolute Gasteiger partial charge is 0.130 e. The molecule has 2 N–H and O–H groups in total. The number of nitrogens with zero attached hydrogens (tertiary/aromatic N) is 1. The van der Waals surface area contributed by atoms with Crippen molar-refractivity contribution in [1.82, 2.24) is 10.3 Å². The molecular weight excluding hydrogens is 162 g/mol. The lowest BCUT2D eigenvalue weighted by molar-refractivity contribution is 0.647. The van der Waals surface area contributed by atoms with Crippen LogP contribution in [0.15, 0.2) is 18.3 Å². The van der Waals surface area contributed by atoms with Crippen molar-refractivity contribution in [1.29, 1.82) is 0 Å². The Balaban J connectivity index is 2.26. The van der Waals surface area contributed by atoms with Crippen LogP contribution in [0.5, 0.6) is 0 Å². The highest BCUT2D eigenvalue weighted by molar-refractivity contribution is 5.45. The number of hydrogen-bond donors (Lipinski definition) is 2. The van der Waals surface area contributed by atoms with E-state index in [1.54, 1.807) is 0 Å². The monoisotopic (exact) mass is 177 g/mol. The molecule has 2 rings (SSSR count). The van der Waals surface area contributed by atoms with E-state index in [2.05, 4.69) is 21.7 Å². The molecule has 0 aliphatic carbocycles. The third-order valence-corrected chi connectivity index (χ3v) is 2.51. The Labute approximate surface area is 78.6 Å². The van der Waals surface area contributed by atoms with Gasteiger partial charge >= 0.3 is 0 Å². The maximum atomic E-state index is 4.29. The van der Waals surface area contributed by atoms with E-state index in [-0.39, 0.29) is 0 Å². The van der Waals surface area contributed by atoms with Crippen LogP contribution in [0.2, 0.25) is 0 Å². The summed E-state index contributed by atoms with van der Waals surface area (Å²) in [5.41, 5.74) is 1.29. The van der Waals surface area contributed by atoms with Crippen molar-refractivity contribution < 1.29 is 0 Å². The van der Waals surface area contributed by atoms with Crippen LogP contribution in [-0.2, 0) is 0 Å². The molecule has 13 heavy (non-hydrogen) atoms. The molecule has 3 heteroatoms. The molecule has 1 aliphatic rings. The van der Waals surface area contributed by atoms with Crippen LogP contribution >= 0.6 is 0 Å². The Morgan fingerprint density at radius 3 is 3.23 bits per heavy atom. The van der Waals surface area contributed by atoms with E-state index in [0.29, 0.717) is 6.04 Å². The highest BCUT2D eigenvalue weighted by Gasteiger charge is 2.18. The predicted octanol–water partition coefficient (Wildman–Crippen LogP) is 1.55. The van der Waals surface area contributed by atoms with E-state index in [9.17, 15) is 0 Å². The van der Waals surface area contributed by atoms with Crippen molar-refractivity contribution >= 4 is 5.82 Å². The number of anilines is 1. The second kappa shape index (κ2) is 3.75. The van der Waals surface area contributed by atoms with Gasteiger partial charge in [0.1, 0.15) is 5.82 Å². The predicted molar refractivity (Wildman–Crippen MR) is 53.8 cm³/mol.